The second-order valence-corrected chi connectivity index (χ2v) is 13.0. The quantitative estimate of drug-likeness (QED) is 0.0533. The molecule has 46 heavy (non-hydrogen) atoms. The molecule has 0 aromatic rings. The Hall–Kier alpha value is -1.71. The Labute approximate surface area is 283 Å². The fourth-order valence-corrected chi connectivity index (χ4v) is 5.44. The first-order valence-corrected chi connectivity index (χ1v) is 19.2. The van der Waals surface area contributed by atoms with Gasteiger partial charge >= 0.3 is 0 Å². The molecule has 0 aromatic heterocycles. The second-order valence-electron chi connectivity index (χ2n) is 13.0. The molecule has 0 aliphatic heterocycles. The highest BCUT2D eigenvalue weighted by Crippen LogP contribution is 2.13. The summed E-state index contributed by atoms with van der Waals surface area (Å²) < 4.78 is 11.8. The molecule has 0 fully saturated rings. The number of carbonyl (C=O) groups is 3. The van der Waals surface area contributed by atoms with Crippen molar-refractivity contribution < 1.29 is 23.9 Å². The van der Waals surface area contributed by atoms with Crippen LogP contribution in [0.1, 0.15) is 168 Å². The predicted octanol–water partition coefficient (Wildman–Crippen LogP) is 7.10. The lowest BCUT2D eigenvalue weighted by Gasteiger charge is -2.19. The molecule has 0 heterocycles. The molecule has 0 bridgehead atoms. The van der Waals surface area contributed by atoms with Crippen LogP contribution in [-0.4, -0.2) is 69.8 Å². The van der Waals surface area contributed by atoms with E-state index in [9.17, 15) is 14.4 Å². The molecule has 0 rings (SSSR count). The van der Waals surface area contributed by atoms with Crippen LogP contribution in [0, 0.1) is 0 Å². The fourth-order valence-electron chi connectivity index (χ4n) is 5.44. The standard InChI is InChI=1S/C37H74N4O5/c1-3-5-7-9-11-13-15-17-19-21-23-25-27-45-32-34(41-37(44)31-40-36(43)30-39-35(42)29-38)33-46-28-26-24-22-20-18-16-14-12-10-8-6-4-2/h34H,3-33,38H2,1-2H3,(H,39,42)(H,40,43)(H,41,44). The van der Waals surface area contributed by atoms with Crippen molar-refractivity contribution >= 4 is 17.7 Å². The van der Waals surface area contributed by atoms with Gasteiger partial charge in [0.2, 0.25) is 17.7 Å². The number of hydrogen-bond acceptors (Lipinski definition) is 6. The maximum atomic E-state index is 12.5. The first kappa shape index (κ1) is 44.3. The third kappa shape index (κ3) is 33.6. The zero-order valence-corrected chi connectivity index (χ0v) is 30.1. The topological polar surface area (TPSA) is 132 Å². The van der Waals surface area contributed by atoms with Crippen molar-refractivity contribution in [3.63, 3.8) is 0 Å². The van der Waals surface area contributed by atoms with Gasteiger partial charge in [0.25, 0.3) is 0 Å². The Bertz CT molecular complexity index is 663. The number of nitrogens with two attached hydrogens (primary N) is 1. The van der Waals surface area contributed by atoms with E-state index in [4.69, 9.17) is 15.2 Å². The van der Waals surface area contributed by atoms with E-state index < -0.39 is 11.8 Å². The molecule has 0 saturated heterocycles. The van der Waals surface area contributed by atoms with E-state index in [1.54, 1.807) is 0 Å². The highest BCUT2D eigenvalue weighted by molar-refractivity contribution is 5.88. The summed E-state index contributed by atoms with van der Waals surface area (Å²) >= 11 is 0. The molecule has 0 unspecified atom stereocenters. The number of carbonyl (C=O) groups excluding carboxylic acids is 3. The van der Waals surface area contributed by atoms with Crippen LogP contribution in [0.25, 0.3) is 0 Å². The van der Waals surface area contributed by atoms with Crippen molar-refractivity contribution in [1.29, 1.82) is 0 Å². The molecule has 0 aromatic carbocycles. The fraction of sp³-hybridized carbons (Fsp3) is 0.919. The maximum absolute atomic E-state index is 12.5. The summed E-state index contributed by atoms with van der Waals surface area (Å²) in [5.41, 5.74) is 5.23. The van der Waals surface area contributed by atoms with Crippen molar-refractivity contribution in [2.24, 2.45) is 5.73 Å². The zero-order valence-electron chi connectivity index (χ0n) is 30.1. The van der Waals surface area contributed by atoms with E-state index in [2.05, 4.69) is 29.8 Å². The van der Waals surface area contributed by atoms with E-state index in [0.717, 1.165) is 25.7 Å². The molecule has 3 amide bonds. The zero-order chi connectivity index (χ0) is 33.8. The minimum atomic E-state index is -0.444. The normalized spacial score (nSPS) is 11.2. The molecule has 0 saturated carbocycles. The minimum Gasteiger partial charge on any atom is -0.379 e. The Morgan fingerprint density at radius 1 is 0.478 bits per heavy atom. The van der Waals surface area contributed by atoms with E-state index >= 15 is 0 Å². The summed E-state index contributed by atoms with van der Waals surface area (Å²) in [6, 6.07) is -0.281. The Morgan fingerprint density at radius 2 is 0.804 bits per heavy atom. The van der Waals surface area contributed by atoms with Crippen molar-refractivity contribution in [1.82, 2.24) is 16.0 Å². The van der Waals surface area contributed by atoms with Gasteiger partial charge in [-0.05, 0) is 12.8 Å². The van der Waals surface area contributed by atoms with Crippen LogP contribution in [0.4, 0.5) is 0 Å². The SMILES string of the molecule is CCCCCCCCCCCCCCOCC(COCCCCCCCCCCCCCC)NC(=O)CNC(=O)CNC(=O)CN. The highest BCUT2D eigenvalue weighted by atomic mass is 16.5. The molecule has 0 atom stereocenters. The summed E-state index contributed by atoms with van der Waals surface area (Å²) in [7, 11) is 0. The molecular weight excluding hydrogens is 580 g/mol. The van der Waals surface area contributed by atoms with Gasteiger partial charge < -0.3 is 31.2 Å². The average molecular weight is 655 g/mol. The molecule has 9 nitrogen and oxygen atoms in total. The van der Waals surface area contributed by atoms with E-state index in [-0.39, 0.29) is 31.6 Å². The van der Waals surface area contributed by atoms with Crippen LogP contribution < -0.4 is 21.7 Å². The van der Waals surface area contributed by atoms with Gasteiger partial charge in [-0.3, -0.25) is 14.4 Å². The monoisotopic (exact) mass is 655 g/mol. The molecule has 0 aliphatic rings. The summed E-state index contributed by atoms with van der Waals surface area (Å²) in [5, 5.41) is 7.84. The summed E-state index contributed by atoms with van der Waals surface area (Å²) in [6.07, 6.45) is 31.2. The largest absolute Gasteiger partial charge is 0.379 e. The number of nitrogens with one attached hydrogen (secondary N) is 3. The predicted molar refractivity (Wildman–Crippen MR) is 191 cm³/mol. The molecule has 9 heteroatoms. The van der Waals surface area contributed by atoms with E-state index in [1.165, 1.54) is 128 Å². The average Bonchev–Trinajstić information content (AvgIpc) is 3.06. The van der Waals surface area contributed by atoms with Gasteiger partial charge in [0.05, 0.1) is 38.9 Å². The van der Waals surface area contributed by atoms with Crippen molar-refractivity contribution in [3.8, 4) is 0 Å². The molecule has 0 aliphatic carbocycles. The Morgan fingerprint density at radius 3 is 1.17 bits per heavy atom. The lowest BCUT2D eigenvalue weighted by atomic mass is 10.1. The van der Waals surface area contributed by atoms with E-state index in [0.29, 0.717) is 26.4 Å². The number of unbranched alkanes of at least 4 members (excludes halogenated alkanes) is 22. The first-order valence-electron chi connectivity index (χ1n) is 19.2. The third-order valence-corrected chi connectivity index (χ3v) is 8.37. The molecular formula is C37H74N4O5. The van der Waals surface area contributed by atoms with Gasteiger partial charge in [0.1, 0.15) is 0 Å². The van der Waals surface area contributed by atoms with Gasteiger partial charge in [0.15, 0.2) is 0 Å². The lowest BCUT2D eigenvalue weighted by Crippen LogP contribution is -2.47. The summed E-state index contributed by atoms with van der Waals surface area (Å²) in [4.78, 5) is 35.6. The van der Waals surface area contributed by atoms with Crippen LogP contribution in [0.2, 0.25) is 0 Å². The molecule has 272 valence electrons. The van der Waals surface area contributed by atoms with E-state index in [1.807, 2.05) is 0 Å². The van der Waals surface area contributed by atoms with Crippen LogP contribution >= 0.6 is 0 Å². The Kier molecular flexibility index (Phi) is 34.8. The number of rotatable bonds is 36. The highest BCUT2D eigenvalue weighted by Gasteiger charge is 2.14. The van der Waals surface area contributed by atoms with Crippen LogP contribution in [0.5, 0.6) is 0 Å². The number of ether oxygens (including phenoxy) is 2. The Balaban J connectivity index is 4.13. The van der Waals surface area contributed by atoms with Gasteiger partial charge in [-0.1, -0.05) is 155 Å². The number of amides is 3. The van der Waals surface area contributed by atoms with Crippen molar-refractivity contribution in [2.45, 2.75) is 174 Å². The summed E-state index contributed by atoms with van der Waals surface area (Å²) in [6.45, 7) is 6.04. The molecule has 0 spiro atoms. The summed E-state index contributed by atoms with van der Waals surface area (Å²) in [5.74, 6) is -1.18. The molecule has 5 N–H and O–H groups in total. The van der Waals surface area contributed by atoms with Crippen molar-refractivity contribution in [3.05, 3.63) is 0 Å². The van der Waals surface area contributed by atoms with Gasteiger partial charge in [-0.2, -0.15) is 0 Å². The lowest BCUT2D eigenvalue weighted by molar-refractivity contribution is -0.127. The van der Waals surface area contributed by atoms with Gasteiger partial charge in [0, 0.05) is 13.2 Å². The maximum Gasteiger partial charge on any atom is 0.239 e. The van der Waals surface area contributed by atoms with Crippen molar-refractivity contribution in [2.75, 3.05) is 46.1 Å². The van der Waals surface area contributed by atoms with Crippen LogP contribution in [0.15, 0.2) is 0 Å². The van der Waals surface area contributed by atoms with Gasteiger partial charge in [-0.25, -0.2) is 0 Å². The number of hydrogen-bond donors (Lipinski definition) is 4. The first-order chi connectivity index (χ1) is 22.5. The third-order valence-electron chi connectivity index (χ3n) is 8.37. The van der Waals surface area contributed by atoms with Crippen LogP contribution in [-0.2, 0) is 23.9 Å². The minimum absolute atomic E-state index is 0.175. The molecule has 0 radical (unpaired) electrons. The van der Waals surface area contributed by atoms with Crippen LogP contribution in [0.3, 0.4) is 0 Å². The second kappa shape index (κ2) is 36.1. The smallest absolute Gasteiger partial charge is 0.239 e. The van der Waals surface area contributed by atoms with Gasteiger partial charge in [-0.15, -0.1) is 0 Å².